The lowest BCUT2D eigenvalue weighted by Crippen LogP contribution is -2.37. The first-order valence-corrected chi connectivity index (χ1v) is 29.4. The number of ether oxygens (including phenoxy) is 2. The second-order valence-corrected chi connectivity index (χ2v) is 21.4. The van der Waals surface area contributed by atoms with Crippen LogP contribution in [-0.4, -0.2) is 74.9 Å². The molecule has 0 bridgehead atoms. The van der Waals surface area contributed by atoms with Crippen LogP contribution in [0.4, 0.5) is 0 Å². The van der Waals surface area contributed by atoms with Gasteiger partial charge < -0.3 is 18.9 Å². The van der Waals surface area contributed by atoms with Gasteiger partial charge in [0.05, 0.1) is 27.7 Å². The summed E-state index contributed by atoms with van der Waals surface area (Å²) >= 11 is 0. The van der Waals surface area contributed by atoms with Gasteiger partial charge in [-0.1, -0.05) is 236 Å². The van der Waals surface area contributed by atoms with E-state index in [4.69, 9.17) is 18.5 Å². The predicted octanol–water partition coefficient (Wildman–Crippen LogP) is 17.0. The van der Waals surface area contributed by atoms with Gasteiger partial charge in [0, 0.05) is 12.8 Å². The van der Waals surface area contributed by atoms with E-state index in [0.29, 0.717) is 17.4 Å². The summed E-state index contributed by atoms with van der Waals surface area (Å²) in [6, 6.07) is 0. The van der Waals surface area contributed by atoms with Crippen molar-refractivity contribution in [2.24, 2.45) is 0 Å². The Hall–Kier alpha value is -2.03. The molecule has 0 heterocycles. The first-order chi connectivity index (χ1) is 32.5. The van der Waals surface area contributed by atoms with Crippen LogP contribution in [-0.2, 0) is 32.7 Å². The number of esters is 2. The molecule has 0 radical (unpaired) electrons. The minimum atomic E-state index is -4.37. The normalized spacial score (nSPS) is 13.7. The van der Waals surface area contributed by atoms with Gasteiger partial charge in [0.25, 0.3) is 0 Å². The van der Waals surface area contributed by atoms with Crippen molar-refractivity contribution in [1.29, 1.82) is 0 Å². The van der Waals surface area contributed by atoms with E-state index in [2.05, 4.69) is 62.5 Å². The Morgan fingerprint density at radius 2 is 0.851 bits per heavy atom. The summed E-state index contributed by atoms with van der Waals surface area (Å²) in [5, 5.41) is 0. The van der Waals surface area contributed by atoms with Gasteiger partial charge in [0.2, 0.25) is 0 Å². The van der Waals surface area contributed by atoms with Crippen molar-refractivity contribution in [1.82, 2.24) is 0 Å². The van der Waals surface area contributed by atoms with Crippen molar-refractivity contribution in [2.75, 3.05) is 47.5 Å². The maximum absolute atomic E-state index is 12.7. The van der Waals surface area contributed by atoms with Crippen LogP contribution in [0.3, 0.4) is 0 Å². The number of unbranched alkanes of at least 4 members (excludes halogenated alkanes) is 29. The van der Waals surface area contributed by atoms with Gasteiger partial charge in [0.15, 0.2) is 6.10 Å². The van der Waals surface area contributed by atoms with Crippen LogP contribution in [0.2, 0.25) is 0 Å². The van der Waals surface area contributed by atoms with E-state index in [1.54, 1.807) is 0 Å². The molecule has 0 saturated heterocycles. The summed E-state index contributed by atoms with van der Waals surface area (Å²) in [4.78, 5) is 35.2. The molecule has 0 aliphatic heterocycles. The molecule has 67 heavy (non-hydrogen) atoms. The average Bonchev–Trinajstić information content (AvgIpc) is 3.29. The number of carbonyl (C=O) groups is 2. The minimum absolute atomic E-state index is 0.0339. The van der Waals surface area contributed by atoms with Gasteiger partial charge in [0.1, 0.15) is 19.8 Å². The fourth-order valence-electron chi connectivity index (χ4n) is 7.83. The fraction of sp³-hybridized carbons (Fsp3) is 0.825. The summed E-state index contributed by atoms with van der Waals surface area (Å²) in [5.41, 5.74) is 0. The number of nitrogens with zero attached hydrogens (tertiary/aromatic N) is 1. The molecule has 0 amide bonds. The lowest BCUT2D eigenvalue weighted by atomic mass is 10.0. The van der Waals surface area contributed by atoms with Gasteiger partial charge >= 0.3 is 19.8 Å². The third-order valence-corrected chi connectivity index (χ3v) is 13.1. The van der Waals surface area contributed by atoms with E-state index in [1.165, 1.54) is 154 Å². The van der Waals surface area contributed by atoms with Crippen molar-refractivity contribution >= 4 is 19.8 Å². The monoisotopic (exact) mass is 965 g/mol. The van der Waals surface area contributed by atoms with Crippen molar-refractivity contribution in [3.05, 3.63) is 48.6 Å². The average molecular weight is 965 g/mol. The summed E-state index contributed by atoms with van der Waals surface area (Å²) in [5.74, 6) is -0.798. The van der Waals surface area contributed by atoms with Gasteiger partial charge in [-0.3, -0.25) is 18.6 Å². The minimum Gasteiger partial charge on any atom is -0.462 e. The molecule has 0 aromatic rings. The third-order valence-electron chi connectivity index (χ3n) is 12.1. The van der Waals surface area contributed by atoms with E-state index in [1.807, 2.05) is 21.1 Å². The maximum atomic E-state index is 12.7. The first kappa shape index (κ1) is 65.0. The van der Waals surface area contributed by atoms with Crippen LogP contribution in [0.15, 0.2) is 48.6 Å². The van der Waals surface area contributed by atoms with Crippen LogP contribution < -0.4 is 0 Å². The topological polar surface area (TPSA) is 108 Å². The van der Waals surface area contributed by atoms with E-state index in [-0.39, 0.29) is 32.0 Å². The molecule has 392 valence electrons. The number of hydrogen-bond acceptors (Lipinski definition) is 7. The van der Waals surface area contributed by atoms with Gasteiger partial charge in [-0.2, -0.15) is 0 Å². The van der Waals surface area contributed by atoms with Crippen LogP contribution in [0, 0.1) is 0 Å². The molecule has 0 spiro atoms. The molecule has 0 aromatic carbocycles. The Morgan fingerprint density at radius 3 is 1.27 bits per heavy atom. The molecule has 0 aliphatic carbocycles. The highest BCUT2D eigenvalue weighted by Gasteiger charge is 2.27. The molecular weight excluding hydrogens is 858 g/mol. The van der Waals surface area contributed by atoms with E-state index in [9.17, 15) is 19.0 Å². The molecule has 2 unspecified atom stereocenters. The second kappa shape index (κ2) is 49.0. The number of carbonyl (C=O) groups excluding carboxylic acids is 2. The number of rotatable bonds is 51. The highest BCUT2D eigenvalue weighted by atomic mass is 31.2. The van der Waals surface area contributed by atoms with Crippen LogP contribution in [0.25, 0.3) is 0 Å². The largest absolute Gasteiger partial charge is 0.472 e. The zero-order valence-corrected chi connectivity index (χ0v) is 45.3. The smallest absolute Gasteiger partial charge is 0.462 e. The maximum Gasteiger partial charge on any atom is 0.472 e. The Labute approximate surface area is 414 Å². The Kier molecular flexibility index (Phi) is 47.5. The van der Waals surface area contributed by atoms with Crippen molar-refractivity contribution in [3.8, 4) is 0 Å². The molecule has 9 nitrogen and oxygen atoms in total. The lowest BCUT2D eigenvalue weighted by Gasteiger charge is -2.24. The Bertz CT molecular complexity index is 1270. The highest BCUT2D eigenvalue weighted by Crippen LogP contribution is 2.43. The molecule has 0 fully saturated rings. The lowest BCUT2D eigenvalue weighted by molar-refractivity contribution is -0.870. The summed E-state index contributed by atoms with van der Waals surface area (Å²) in [6.07, 6.45) is 61.1. The van der Waals surface area contributed by atoms with Crippen molar-refractivity contribution < 1.29 is 42.1 Å². The number of hydrogen-bond donors (Lipinski definition) is 1. The quantitative estimate of drug-likeness (QED) is 0.0211. The highest BCUT2D eigenvalue weighted by molar-refractivity contribution is 7.47. The molecule has 2 atom stereocenters. The predicted molar refractivity (Wildman–Crippen MR) is 284 cm³/mol. The summed E-state index contributed by atoms with van der Waals surface area (Å²) in [7, 11) is 1.49. The van der Waals surface area contributed by atoms with E-state index in [0.717, 1.165) is 64.2 Å². The molecule has 0 aliphatic rings. The van der Waals surface area contributed by atoms with Gasteiger partial charge in [-0.25, -0.2) is 4.57 Å². The number of likely N-dealkylation sites (N-methyl/N-ethyl adjacent to an activating group) is 1. The third kappa shape index (κ3) is 53.2. The Balaban J connectivity index is 3.78. The number of quaternary nitrogens is 1. The van der Waals surface area contributed by atoms with E-state index < -0.39 is 26.5 Å². The first-order valence-electron chi connectivity index (χ1n) is 27.9. The molecule has 0 aromatic heterocycles. The fourth-order valence-corrected chi connectivity index (χ4v) is 8.57. The van der Waals surface area contributed by atoms with Crippen LogP contribution in [0.1, 0.15) is 251 Å². The summed E-state index contributed by atoms with van der Waals surface area (Å²) < 4.78 is 34.2. The van der Waals surface area contributed by atoms with E-state index >= 15 is 0 Å². The zero-order chi connectivity index (χ0) is 49.2. The van der Waals surface area contributed by atoms with Crippen molar-refractivity contribution in [2.45, 2.75) is 258 Å². The molecule has 1 N–H and O–H groups in total. The zero-order valence-electron chi connectivity index (χ0n) is 44.4. The molecule has 10 heteroatoms. The number of phosphoric ester groups is 1. The number of phosphoric acid groups is 1. The van der Waals surface area contributed by atoms with Gasteiger partial charge in [-0.15, -0.1) is 0 Å². The standard InChI is InChI=1S/C57H106NO8P/c1-6-8-10-12-14-15-16-17-18-19-20-21-22-23-24-25-26-27-28-29-30-31-32-33-34-35-36-37-38-39-40-41-42-43-44-46-48-50-57(60)66-55(53-63-56(59)49-47-45-13-11-9-7-2)54-65-67(61,62)64-52-51-58(3,4)5/h8,10,14-15,17-18,20-21,55H,6-7,9,11-13,16,19,22-54H2,1-5H3/p+1/b10-8-,15-14-,18-17-,21-20-. The molecular formula is C57H107NO8P+. The second-order valence-electron chi connectivity index (χ2n) is 19.9. The van der Waals surface area contributed by atoms with Crippen LogP contribution >= 0.6 is 7.82 Å². The Morgan fingerprint density at radius 1 is 0.478 bits per heavy atom. The molecule has 0 rings (SSSR count). The van der Waals surface area contributed by atoms with Crippen LogP contribution in [0.5, 0.6) is 0 Å². The SMILES string of the molecule is CC/C=C\C/C=C\C/C=C\C/C=C\CCCCCCCCCCCCCCCCCCCCCCCCCCC(=O)OC(COC(=O)CCCCCCCC)COP(=O)(O)OCC[N+](C)(C)C. The summed E-state index contributed by atoms with van der Waals surface area (Å²) in [6.45, 7) is 4.27. The number of allylic oxidation sites excluding steroid dienone is 8. The van der Waals surface area contributed by atoms with Gasteiger partial charge in [-0.05, 0) is 51.4 Å². The molecule has 0 saturated carbocycles. The van der Waals surface area contributed by atoms with Crippen molar-refractivity contribution in [3.63, 3.8) is 0 Å².